The number of aldehydes is 1. The molecule has 0 N–H and O–H groups in total. The van der Waals surface area contributed by atoms with Crippen molar-refractivity contribution in [3.05, 3.63) is 42.5 Å². The highest BCUT2D eigenvalue weighted by atomic mass is 19.1. The van der Waals surface area contributed by atoms with Crippen LogP contribution in [0.25, 0.3) is 5.69 Å². The maximum atomic E-state index is 13.1. The highest BCUT2D eigenvalue weighted by molar-refractivity contribution is 5.80. The first-order valence-electron chi connectivity index (χ1n) is 3.90. The average molecular weight is 191 g/mol. The maximum absolute atomic E-state index is 13.1. The van der Waals surface area contributed by atoms with Gasteiger partial charge in [-0.2, -0.15) is 0 Å². The molecule has 0 aromatic carbocycles. The molecule has 0 radical (unpaired) electrons. The lowest BCUT2D eigenvalue weighted by atomic mass is 10.2. The van der Waals surface area contributed by atoms with Crippen molar-refractivity contribution in [2.75, 3.05) is 0 Å². The van der Waals surface area contributed by atoms with Crippen LogP contribution in [-0.2, 0) is 0 Å². The molecule has 0 saturated heterocycles. The van der Waals surface area contributed by atoms with Crippen molar-refractivity contribution in [1.82, 2.24) is 14.5 Å². The molecule has 0 amide bonds. The standard InChI is InChI=1S/C9H6FN3O/c10-8-3-12-4-9(7(8)5-14)13-2-1-11-6-13/h1-6H. The predicted molar refractivity (Wildman–Crippen MR) is 46.7 cm³/mol. The molecule has 2 aromatic rings. The van der Waals surface area contributed by atoms with Crippen molar-refractivity contribution in [2.45, 2.75) is 0 Å². The molecule has 0 fully saturated rings. The summed E-state index contributed by atoms with van der Waals surface area (Å²) in [4.78, 5) is 18.1. The van der Waals surface area contributed by atoms with Crippen molar-refractivity contribution in [3.63, 3.8) is 0 Å². The Hall–Kier alpha value is -2.04. The number of rotatable bonds is 2. The van der Waals surface area contributed by atoms with Gasteiger partial charge in [-0.25, -0.2) is 9.37 Å². The minimum atomic E-state index is -0.633. The second kappa shape index (κ2) is 3.37. The quantitative estimate of drug-likeness (QED) is 0.670. The first-order valence-corrected chi connectivity index (χ1v) is 3.90. The Labute approximate surface area is 79.0 Å². The number of hydrogen-bond donors (Lipinski definition) is 0. The number of aromatic nitrogens is 3. The maximum Gasteiger partial charge on any atom is 0.155 e. The van der Waals surface area contributed by atoms with E-state index in [1.165, 1.54) is 17.1 Å². The number of carbonyl (C=O) groups excluding carboxylic acids is 1. The number of pyridine rings is 1. The summed E-state index contributed by atoms with van der Waals surface area (Å²) in [5, 5.41) is 0. The number of hydrogen-bond acceptors (Lipinski definition) is 3. The molecule has 0 saturated carbocycles. The second-order valence-corrected chi connectivity index (χ2v) is 2.64. The molecule has 0 bridgehead atoms. The van der Waals surface area contributed by atoms with Gasteiger partial charge in [-0.15, -0.1) is 0 Å². The lowest BCUT2D eigenvalue weighted by Gasteiger charge is -2.04. The Morgan fingerprint density at radius 2 is 2.21 bits per heavy atom. The molecule has 14 heavy (non-hydrogen) atoms. The summed E-state index contributed by atoms with van der Waals surface area (Å²) in [6.45, 7) is 0. The van der Waals surface area contributed by atoms with Crippen LogP contribution in [0.1, 0.15) is 10.4 Å². The zero-order valence-corrected chi connectivity index (χ0v) is 7.09. The summed E-state index contributed by atoms with van der Waals surface area (Å²) in [7, 11) is 0. The van der Waals surface area contributed by atoms with Gasteiger partial charge in [-0.3, -0.25) is 9.78 Å². The van der Waals surface area contributed by atoms with E-state index in [0.29, 0.717) is 12.0 Å². The fraction of sp³-hybridized carbons (Fsp3) is 0. The van der Waals surface area contributed by atoms with Crippen LogP contribution in [0.15, 0.2) is 31.1 Å². The van der Waals surface area contributed by atoms with Crippen molar-refractivity contribution in [1.29, 1.82) is 0 Å². The third-order valence-corrected chi connectivity index (χ3v) is 1.82. The zero-order valence-electron chi connectivity index (χ0n) is 7.09. The average Bonchev–Trinajstić information content (AvgIpc) is 2.70. The molecule has 2 heterocycles. The Morgan fingerprint density at radius 1 is 1.36 bits per heavy atom. The molecule has 4 nitrogen and oxygen atoms in total. The van der Waals surface area contributed by atoms with E-state index < -0.39 is 5.82 Å². The lowest BCUT2D eigenvalue weighted by Crippen LogP contribution is -2.00. The predicted octanol–water partition coefficient (Wildman–Crippen LogP) is 1.22. The molecule has 5 heteroatoms. The van der Waals surface area contributed by atoms with E-state index in [1.807, 2.05) is 0 Å². The van der Waals surface area contributed by atoms with Crippen molar-refractivity contribution >= 4 is 6.29 Å². The molecule has 2 rings (SSSR count). The van der Waals surface area contributed by atoms with Crippen LogP contribution in [0.3, 0.4) is 0 Å². The fourth-order valence-electron chi connectivity index (χ4n) is 1.16. The van der Waals surface area contributed by atoms with Gasteiger partial charge in [0, 0.05) is 12.4 Å². The van der Waals surface area contributed by atoms with Gasteiger partial charge < -0.3 is 4.57 Å². The molecule has 70 valence electrons. The summed E-state index contributed by atoms with van der Waals surface area (Å²) in [6.07, 6.45) is 7.51. The summed E-state index contributed by atoms with van der Waals surface area (Å²) in [6, 6.07) is 0. The van der Waals surface area contributed by atoms with Gasteiger partial charge in [-0.1, -0.05) is 0 Å². The topological polar surface area (TPSA) is 47.8 Å². The SMILES string of the molecule is O=Cc1c(F)cncc1-n1ccnc1. The number of carbonyl (C=O) groups is 1. The Bertz CT molecular complexity index is 453. The molecule has 0 atom stereocenters. The van der Waals surface area contributed by atoms with Crippen LogP contribution < -0.4 is 0 Å². The van der Waals surface area contributed by atoms with E-state index in [0.717, 1.165) is 6.20 Å². The second-order valence-electron chi connectivity index (χ2n) is 2.64. The van der Waals surface area contributed by atoms with Gasteiger partial charge >= 0.3 is 0 Å². The van der Waals surface area contributed by atoms with E-state index in [2.05, 4.69) is 9.97 Å². The molecular formula is C9H6FN3O. The molecule has 2 aromatic heterocycles. The highest BCUT2D eigenvalue weighted by Gasteiger charge is 2.08. The fourth-order valence-corrected chi connectivity index (χ4v) is 1.16. The lowest BCUT2D eigenvalue weighted by molar-refractivity contribution is 0.111. The van der Waals surface area contributed by atoms with Gasteiger partial charge in [0.25, 0.3) is 0 Å². The first-order chi connectivity index (χ1) is 6.83. The highest BCUT2D eigenvalue weighted by Crippen LogP contribution is 2.13. The third kappa shape index (κ3) is 1.28. The summed E-state index contributed by atoms with van der Waals surface area (Å²) in [5.41, 5.74) is 0.371. The molecule has 0 aliphatic heterocycles. The number of halogens is 1. The van der Waals surface area contributed by atoms with Crippen LogP contribution in [0.4, 0.5) is 4.39 Å². The van der Waals surface area contributed by atoms with Crippen LogP contribution >= 0.6 is 0 Å². The normalized spacial score (nSPS) is 10.1. The molecule has 0 aliphatic carbocycles. The Balaban J connectivity index is 2.64. The Morgan fingerprint density at radius 3 is 2.86 bits per heavy atom. The minimum absolute atomic E-state index is 0.0157. The largest absolute Gasteiger partial charge is 0.304 e. The van der Waals surface area contributed by atoms with E-state index in [-0.39, 0.29) is 5.56 Å². The molecule has 0 aliphatic rings. The van der Waals surface area contributed by atoms with Crippen molar-refractivity contribution in [2.24, 2.45) is 0 Å². The van der Waals surface area contributed by atoms with Crippen LogP contribution in [0, 0.1) is 5.82 Å². The summed E-state index contributed by atoms with van der Waals surface area (Å²) >= 11 is 0. The van der Waals surface area contributed by atoms with Crippen LogP contribution in [0.5, 0.6) is 0 Å². The third-order valence-electron chi connectivity index (χ3n) is 1.82. The number of nitrogens with zero attached hydrogens (tertiary/aromatic N) is 3. The minimum Gasteiger partial charge on any atom is -0.304 e. The van der Waals surface area contributed by atoms with Crippen molar-refractivity contribution < 1.29 is 9.18 Å². The molecule has 0 spiro atoms. The summed E-state index contributed by atoms with van der Waals surface area (Å²) < 4.78 is 14.6. The van der Waals surface area contributed by atoms with Gasteiger partial charge in [0.15, 0.2) is 12.1 Å². The van der Waals surface area contributed by atoms with Crippen LogP contribution in [-0.4, -0.2) is 20.8 Å². The number of imidazole rings is 1. The monoisotopic (exact) mass is 191 g/mol. The van der Waals surface area contributed by atoms with E-state index in [1.54, 1.807) is 12.4 Å². The molecular weight excluding hydrogens is 185 g/mol. The van der Waals surface area contributed by atoms with Gasteiger partial charge in [-0.05, 0) is 0 Å². The van der Waals surface area contributed by atoms with E-state index >= 15 is 0 Å². The first kappa shape index (κ1) is 8.55. The van der Waals surface area contributed by atoms with Crippen LogP contribution in [0.2, 0.25) is 0 Å². The molecule has 0 unspecified atom stereocenters. The van der Waals surface area contributed by atoms with Gasteiger partial charge in [0.2, 0.25) is 0 Å². The zero-order chi connectivity index (χ0) is 9.97. The Kier molecular flexibility index (Phi) is 2.06. The van der Waals surface area contributed by atoms with E-state index in [4.69, 9.17) is 0 Å². The van der Waals surface area contributed by atoms with Crippen molar-refractivity contribution in [3.8, 4) is 5.69 Å². The van der Waals surface area contributed by atoms with Gasteiger partial charge in [0.05, 0.1) is 30.0 Å². The van der Waals surface area contributed by atoms with Gasteiger partial charge in [0.1, 0.15) is 0 Å². The van der Waals surface area contributed by atoms with E-state index in [9.17, 15) is 9.18 Å². The summed E-state index contributed by atoms with van der Waals surface area (Å²) in [5.74, 6) is -0.633. The smallest absolute Gasteiger partial charge is 0.155 e.